The SMILES string of the molecule is C/C(O)=C/C(=O)CCc1ccccc1-c1cc(-c2ccccc2-c2c[c-]c(N3[CH-]N(c4ccccc4)c4ccccc43)cc2)cc(-c2ccccc2-c2c[c-]c(N3[CH-]N(c4ccccc4)c4ccccc43)cc2)c1.[Ir]. The number of ketones is 1. The monoisotopic (exact) mass is 1150 g/mol. The Morgan fingerprint density at radius 2 is 0.800 bits per heavy atom. The smallest absolute Gasteiger partial charge is 0.159 e. The van der Waals surface area contributed by atoms with Crippen LogP contribution in [0.5, 0.6) is 0 Å². The molecule has 75 heavy (non-hydrogen) atoms. The summed E-state index contributed by atoms with van der Waals surface area (Å²) in [7, 11) is 0. The van der Waals surface area contributed by atoms with Crippen LogP contribution in [0, 0.1) is 25.5 Å². The minimum Gasteiger partial charge on any atom is -0.512 e. The molecule has 367 valence electrons. The number of benzene rings is 10. The predicted molar refractivity (Wildman–Crippen MR) is 304 cm³/mol. The molecule has 0 aliphatic carbocycles. The van der Waals surface area contributed by atoms with E-state index in [4.69, 9.17) is 0 Å². The zero-order valence-electron chi connectivity index (χ0n) is 41.1. The molecule has 6 nitrogen and oxygen atoms in total. The summed E-state index contributed by atoms with van der Waals surface area (Å²) in [6, 6.07) is 90.4. The number of carbonyl (C=O) groups excluding carboxylic acids is 1. The maximum atomic E-state index is 12.9. The van der Waals surface area contributed by atoms with Crippen molar-refractivity contribution in [3.8, 4) is 55.6 Å². The van der Waals surface area contributed by atoms with Crippen LogP contribution in [0.1, 0.15) is 18.9 Å². The van der Waals surface area contributed by atoms with E-state index in [1.54, 1.807) is 0 Å². The quantitative estimate of drug-likeness (QED) is 0.0705. The molecule has 0 saturated carbocycles. The largest absolute Gasteiger partial charge is 0.512 e. The van der Waals surface area contributed by atoms with E-state index in [0.29, 0.717) is 6.42 Å². The van der Waals surface area contributed by atoms with Crippen LogP contribution in [0.15, 0.2) is 248 Å². The normalized spacial score (nSPS) is 12.8. The summed E-state index contributed by atoms with van der Waals surface area (Å²) in [5.74, 6) is -0.0929. The number of aliphatic hydroxyl groups is 1. The Morgan fingerprint density at radius 3 is 1.21 bits per heavy atom. The average molecular weight is 1150 g/mol. The van der Waals surface area contributed by atoms with Crippen molar-refractivity contribution in [3.05, 3.63) is 279 Å². The fraction of sp³-hybridized carbons (Fsp3) is 0.0441. The summed E-state index contributed by atoms with van der Waals surface area (Å²) < 4.78 is 0. The van der Waals surface area contributed by atoms with Gasteiger partial charge in [0.05, 0.1) is 5.76 Å². The predicted octanol–water partition coefficient (Wildman–Crippen LogP) is 17.4. The Balaban J connectivity index is 0.00000602. The molecule has 0 aromatic heterocycles. The number of aliphatic hydroxyl groups excluding tert-OH is 1. The summed E-state index contributed by atoms with van der Waals surface area (Å²) in [6.07, 6.45) is 2.12. The Bertz CT molecular complexity index is 3480. The van der Waals surface area contributed by atoms with Gasteiger partial charge in [-0.1, -0.05) is 145 Å². The van der Waals surface area contributed by atoms with Crippen molar-refractivity contribution < 1.29 is 30.0 Å². The van der Waals surface area contributed by atoms with Crippen LogP contribution in [0.25, 0.3) is 55.6 Å². The van der Waals surface area contributed by atoms with Gasteiger partial charge in [-0.15, -0.1) is 48.0 Å². The molecule has 1 radical (unpaired) electrons. The number of rotatable bonds is 13. The number of hydrogen-bond donors (Lipinski definition) is 1. The molecule has 0 atom stereocenters. The van der Waals surface area contributed by atoms with Crippen molar-refractivity contribution >= 4 is 51.3 Å². The molecule has 2 aliphatic rings. The first-order chi connectivity index (χ1) is 36.4. The van der Waals surface area contributed by atoms with Gasteiger partial charge in [0, 0.05) is 66.7 Å². The molecule has 0 spiro atoms. The second-order valence-electron chi connectivity index (χ2n) is 18.6. The standard InChI is InChI=1S/C68H50N4O2.Ir/c1-48(73)42-59(74)41-36-49-18-8-9-23-60(49)52-43-53(63-26-12-10-24-61(63)50-32-37-57(38-33-50)71-46-69(55-19-4-2-5-20-55)65-28-14-16-30-67(65)71)45-54(44-52)64-27-13-11-25-62(64)51-34-39-58(40-35-51)72-47-70(56-21-6-3-7-22-56)66-29-15-17-31-68(66)72;/h2-35,37,39,42-47,73H,36,41H2,1H3;/q-4;/b48-42-;. The van der Waals surface area contributed by atoms with E-state index < -0.39 is 0 Å². The zero-order chi connectivity index (χ0) is 50.0. The maximum Gasteiger partial charge on any atom is 0.159 e. The van der Waals surface area contributed by atoms with Gasteiger partial charge >= 0.3 is 0 Å². The van der Waals surface area contributed by atoms with Gasteiger partial charge in [-0.2, -0.15) is 36.4 Å². The fourth-order valence-corrected chi connectivity index (χ4v) is 10.3. The van der Waals surface area contributed by atoms with E-state index in [-0.39, 0.29) is 38.1 Å². The number of hydrogen-bond acceptors (Lipinski definition) is 6. The third kappa shape index (κ3) is 9.80. The Kier molecular flexibility index (Phi) is 13.8. The summed E-state index contributed by atoms with van der Waals surface area (Å²) >= 11 is 0. The zero-order valence-corrected chi connectivity index (χ0v) is 43.5. The molecule has 2 heterocycles. The fourth-order valence-electron chi connectivity index (χ4n) is 10.3. The number of anilines is 8. The average Bonchev–Trinajstić information content (AvgIpc) is 4.05. The van der Waals surface area contributed by atoms with Crippen molar-refractivity contribution in [2.45, 2.75) is 19.8 Å². The molecule has 1 N–H and O–H groups in total. The Labute approximate surface area is 453 Å². The molecule has 0 fully saturated rings. The number of aryl methyl sites for hydroxylation is 1. The molecular weight excluding hydrogens is 1100 g/mol. The first-order valence-corrected chi connectivity index (χ1v) is 25.0. The molecule has 10 aromatic rings. The van der Waals surface area contributed by atoms with Crippen molar-refractivity contribution in [2.75, 3.05) is 19.6 Å². The number of carbonyl (C=O) groups is 1. The summed E-state index contributed by atoms with van der Waals surface area (Å²) in [5, 5.41) is 9.86. The number of fused-ring (bicyclic) bond motifs is 2. The summed E-state index contributed by atoms with van der Waals surface area (Å²) in [6.45, 7) is 5.81. The van der Waals surface area contributed by atoms with Gasteiger partial charge in [-0.05, 0) is 119 Å². The molecule has 12 rings (SSSR count). The van der Waals surface area contributed by atoms with Crippen LogP contribution in [0.4, 0.5) is 45.5 Å². The number of para-hydroxylation sites is 6. The molecule has 10 aromatic carbocycles. The first-order valence-electron chi connectivity index (χ1n) is 25.0. The molecule has 0 amide bonds. The van der Waals surface area contributed by atoms with Crippen molar-refractivity contribution in [1.29, 1.82) is 0 Å². The van der Waals surface area contributed by atoms with E-state index in [0.717, 1.165) is 107 Å². The van der Waals surface area contributed by atoms with Crippen molar-refractivity contribution in [2.24, 2.45) is 0 Å². The molecule has 0 unspecified atom stereocenters. The van der Waals surface area contributed by atoms with Crippen LogP contribution in [-0.4, -0.2) is 10.9 Å². The second-order valence-corrected chi connectivity index (χ2v) is 18.6. The molecule has 0 bridgehead atoms. The minimum atomic E-state index is -0.108. The van der Waals surface area contributed by atoms with Gasteiger partial charge in [0.2, 0.25) is 0 Å². The Morgan fingerprint density at radius 1 is 0.440 bits per heavy atom. The second kappa shape index (κ2) is 21.4. The van der Waals surface area contributed by atoms with Crippen LogP contribution in [-0.2, 0) is 31.3 Å². The van der Waals surface area contributed by atoms with Crippen LogP contribution in [0.2, 0.25) is 0 Å². The van der Waals surface area contributed by atoms with Crippen LogP contribution >= 0.6 is 0 Å². The third-order valence-corrected chi connectivity index (χ3v) is 13.8. The van der Waals surface area contributed by atoms with E-state index in [9.17, 15) is 9.90 Å². The van der Waals surface area contributed by atoms with E-state index in [1.165, 1.54) is 13.0 Å². The number of allylic oxidation sites excluding steroid dienone is 2. The van der Waals surface area contributed by atoms with Gasteiger partial charge in [-0.25, -0.2) is 0 Å². The van der Waals surface area contributed by atoms with E-state index in [1.807, 2.05) is 18.2 Å². The Hall–Kier alpha value is -8.74. The van der Waals surface area contributed by atoms with E-state index in [2.05, 4.69) is 263 Å². The molecule has 0 saturated heterocycles. The summed E-state index contributed by atoms with van der Waals surface area (Å²) in [5.41, 5.74) is 20.2. The number of nitrogens with zero attached hydrogens (tertiary/aromatic N) is 4. The van der Waals surface area contributed by atoms with Gasteiger partial charge in [0.15, 0.2) is 5.78 Å². The third-order valence-electron chi connectivity index (χ3n) is 13.8. The van der Waals surface area contributed by atoms with Gasteiger partial charge in [0.1, 0.15) is 0 Å². The van der Waals surface area contributed by atoms with Crippen LogP contribution in [0.3, 0.4) is 0 Å². The van der Waals surface area contributed by atoms with Crippen molar-refractivity contribution in [1.82, 2.24) is 0 Å². The van der Waals surface area contributed by atoms with Gasteiger partial charge in [0.25, 0.3) is 0 Å². The van der Waals surface area contributed by atoms with Gasteiger partial charge < -0.3 is 24.7 Å². The van der Waals surface area contributed by atoms with Crippen LogP contribution < -0.4 is 19.6 Å². The molecule has 7 heteroatoms. The van der Waals surface area contributed by atoms with Crippen molar-refractivity contribution in [3.63, 3.8) is 0 Å². The molecular formula is C68H50IrN4O2-4. The first kappa shape index (κ1) is 48.5. The summed E-state index contributed by atoms with van der Waals surface area (Å²) in [4.78, 5) is 21.7. The van der Waals surface area contributed by atoms with E-state index >= 15 is 0 Å². The molecule has 2 aliphatic heterocycles. The maximum absolute atomic E-state index is 12.9. The topological polar surface area (TPSA) is 50.3 Å². The van der Waals surface area contributed by atoms with Gasteiger partial charge in [-0.3, -0.25) is 4.79 Å². The minimum absolute atomic E-state index is 0.